The molecule has 0 aromatic carbocycles. The first-order valence-electron chi connectivity index (χ1n) is 5.30. The van der Waals surface area contributed by atoms with Gasteiger partial charge < -0.3 is 4.57 Å². The SMILES string of the molecule is CCCc1nc(CC)n(C(C)C#N)c1Cl. The Morgan fingerprint density at radius 2 is 2.20 bits per heavy atom. The van der Waals surface area contributed by atoms with Crippen LogP contribution in [0.1, 0.15) is 44.8 Å². The Morgan fingerprint density at radius 3 is 2.67 bits per heavy atom. The van der Waals surface area contributed by atoms with Crippen LogP contribution in [0, 0.1) is 11.3 Å². The molecule has 4 heteroatoms. The zero-order chi connectivity index (χ0) is 11.4. The van der Waals surface area contributed by atoms with Gasteiger partial charge in [-0.15, -0.1) is 0 Å². The van der Waals surface area contributed by atoms with Crippen LogP contribution in [-0.4, -0.2) is 9.55 Å². The highest BCUT2D eigenvalue weighted by atomic mass is 35.5. The Labute approximate surface area is 95.7 Å². The van der Waals surface area contributed by atoms with Crippen LogP contribution in [0.3, 0.4) is 0 Å². The van der Waals surface area contributed by atoms with E-state index in [4.69, 9.17) is 16.9 Å². The van der Waals surface area contributed by atoms with Gasteiger partial charge in [0.15, 0.2) is 0 Å². The molecule has 0 aliphatic rings. The fourth-order valence-electron chi connectivity index (χ4n) is 1.60. The van der Waals surface area contributed by atoms with E-state index in [1.165, 1.54) is 0 Å². The quantitative estimate of drug-likeness (QED) is 0.790. The van der Waals surface area contributed by atoms with Crippen molar-refractivity contribution in [3.05, 3.63) is 16.7 Å². The molecule has 1 unspecified atom stereocenters. The zero-order valence-electron chi connectivity index (χ0n) is 9.42. The molecule has 0 saturated heterocycles. The topological polar surface area (TPSA) is 41.6 Å². The molecule has 0 bridgehead atoms. The summed E-state index contributed by atoms with van der Waals surface area (Å²) in [5.74, 6) is 0.900. The first-order valence-corrected chi connectivity index (χ1v) is 5.68. The molecule has 1 heterocycles. The van der Waals surface area contributed by atoms with E-state index >= 15 is 0 Å². The highest BCUT2D eigenvalue weighted by Gasteiger charge is 2.17. The van der Waals surface area contributed by atoms with Gasteiger partial charge in [-0.3, -0.25) is 0 Å². The first kappa shape index (κ1) is 12.1. The van der Waals surface area contributed by atoms with Crippen LogP contribution in [0.5, 0.6) is 0 Å². The van der Waals surface area contributed by atoms with Gasteiger partial charge in [-0.05, 0) is 13.3 Å². The van der Waals surface area contributed by atoms with Crippen molar-refractivity contribution in [1.29, 1.82) is 5.26 Å². The molecule has 3 nitrogen and oxygen atoms in total. The largest absolute Gasteiger partial charge is 0.302 e. The summed E-state index contributed by atoms with van der Waals surface area (Å²) in [7, 11) is 0. The summed E-state index contributed by atoms with van der Waals surface area (Å²) in [5, 5.41) is 9.54. The minimum atomic E-state index is -0.245. The van der Waals surface area contributed by atoms with Gasteiger partial charge >= 0.3 is 0 Å². The van der Waals surface area contributed by atoms with Crippen LogP contribution in [0.15, 0.2) is 0 Å². The highest BCUT2D eigenvalue weighted by molar-refractivity contribution is 6.30. The van der Waals surface area contributed by atoms with Crippen molar-refractivity contribution in [1.82, 2.24) is 9.55 Å². The standard InChI is InChI=1S/C11H16ClN3/c1-4-6-9-11(12)15(8(3)7-13)10(5-2)14-9/h8H,4-6H2,1-3H3. The summed E-state index contributed by atoms with van der Waals surface area (Å²) in [6.45, 7) is 5.95. The van der Waals surface area contributed by atoms with Crippen LogP contribution in [0.25, 0.3) is 0 Å². The Morgan fingerprint density at radius 1 is 1.53 bits per heavy atom. The van der Waals surface area contributed by atoms with Crippen LogP contribution in [0.4, 0.5) is 0 Å². The predicted molar refractivity (Wildman–Crippen MR) is 60.9 cm³/mol. The molecule has 0 saturated carbocycles. The van der Waals surface area contributed by atoms with E-state index in [-0.39, 0.29) is 6.04 Å². The molecule has 0 aliphatic carbocycles. The number of hydrogen-bond donors (Lipinski definition) is 0. The molecule has 0 spiro atoms. The molecule has 0 N–H and O–H groups in total. The van der Waals surface area contributed by atoms with Gasteiger partial charge in [0.1, 0.15) is 17.0 Å². The van der Waals surface area contributed by atoms with E-state index in [9.17, 15) is 0 Å². The zero-order valence-corrected chi connectivity index (χ0v) is 10.2. The normalized spacial score (nSPS) is 12.5. The van der Waals surface area contributed by atoms with Crippen LogP contribution >= 0.6 is 11.6 Å². The summed E-state index contributed by atoms with van der Waals surface area (Å²) in [5.41, 5.74) is 0.915. The van der Waals surface area contributed by atoms with Crippen molar-refractivity contribution in [2.75, 3.05) is 0 Å². The molecule has 0 radical (unpaired) electrons. The number of nitrogens with zero attached hydrogens (tertiary/aromatic N) is 3. The molecule has 1 aromatic rings. The third-order valence-corrected chi connectivity index (χ3v) is 2.77. The molecule has 15 heavy (non-hydrogen) atoms. The minimum Gasteiger partial charge on any atom is -0.302 e. The number of imidazole rings is 1. The second kappa shape index (κ2) is 5.18. The second-order valence-electron chi connectivity index (χ2n) is 3.54. The molecule has 1 atom stereocenters. The number of aromatic nitrogens is 2. The predicted octanol–water partition coefficient (Wildman–Crippen LogP) is 3.14. The molecule has 1 rings (SSSR count). The van der Waals surface area contributed by atoms with Gasteiger partial charge in [-0.1, -0.05) is 31.9 Å². The third-order valence-electron chi connectivity index (χ3n) is 2.37. The van der Waals surface area contributed by atoms with Gasteiger partial charge in [0.2, 0.25) is 0 Å². The van der Waals surface area contributed by atoms with E-state index in [0.717, 1.165) is 30.8 Å². The lowest BCUT2D eigenvalue weighted by molar-refractivity contribution is 0.634. The molecule has 82 valence electrons. The molecule has 0 amide bonds. The van der Waals surface area contributed by atoms with Gasteiger partial charge in [0, 0.05) is 6.42 Å². The summed E-state index contributed by atoms with van der Waals surface area (Å²) in [6, 6.07) is 1.95. The summed E-state index contributed by atoms with van der Waals surface area (Å²) >= 11 is 6.21. The number of nitriles is 1. The summed E-state index contributed by atoms with van der Waals surface area (Å²) in [6.07, 6.45) is 2.69. The minimum absolute atomic E-state index is 0.245. The van der Waals surface area contributed by atoms with E-state index in [0.29, 0.717) is 5.15 Å². The fraction of sp³-hybridized carbons (Fsp3) is 0.636. The Kier molecular flexibility index (Phi) is 4.16. The van der Waals surface area contributed by atoms with Crippen LogP contribution in [-0.2, 0) is 12.8 Å². The Balaban J connectivity index is 3.18. The lowest BCUT2D eigenvalue weighted by atomic mass is 10.3. The van der Waals surface area contributed by atoms with Crippen molar-refractivity contribution < 1.29 is 0 Å². The lowest BCUT2D eigenvalue weighted by Gasteiger charge is -2.09. The van der Waals surface area contributed by atoms with Crippen molar-refractivity contribution in [2.45, 2.75) is 46.1 Å². The van der Waals surface area contributed by atoms with Crippen molar-refractivity contribution in [3.63, 3.8) is 0 Å². The average Bonchev–Trinajstić information content (AvgIpc) is 2.55. The smallest absolute Gasteiger partial charge is 0.133 e. The van der Waals surface area contributed by atoms with Crippen molar-refractivity contribution >= 4 is 11.6 Å². The molecular formula is C11H16ClN3. The maximum absolute atomic E-state index is 8.91. The monoisotopic (exact) mass is 225 g/mol. The first-order chi connectivity index (χ1) is 7.15. The maximum Gasteiger partial charge on any atom is 0.133 e. The van der Waals surface area contributed by atoms with Gasteiger partial charge in [-0.2, -0.15) is 5.26 Å². The number of aryl methyl sites for hydroxylation is 2. The summed E-state index contributed by atoms with van der Waals surface area (Å²) in [4.78, 5) is 4.47. The summed E-state index contributed by atoms with van der Waals surface area (Å²) < 4.78 is 1.83. The van der Waals surface area contributed by atoms with Crippen molar-refractivity contribution in [3.8, 4) is 6.07 Å². The molecule has 0 fully saturated rings. The van der Waals surface area contributed by atoms with Gasteiger partial charge in [-0.25, -0.2) is 4.98 Å². The maximum atomic E-state index is 8.91. The fourth-order valence-corrected chi connectivity index (χ4v) is 1.99. The highest BCUT2D eigenvalue weighted by Crippen LogP contribution is 2.24. The molecule has 0 aliphatic heterocycles. The van der Waals surface area contributed by atoms with Crippen molar-refractivity contribution in [2.24, 2.45) is 0 Å². The second-order valence-corrected chi connectivity index (χ2v) is 3.90. The van der Waals surface area contributed by atoms with E-state index in [1.807, 2.05) is 18.4 Å². The molecular weight excluding hydrogens is 210 g/mol. The van der Waals surface area contributed by atoms with Crippen LogP contribution in [0.2, 0.25) is 5.15 Å². The Bertz CT molecular complexity index is 376. The van der Waals surface area contributed by atoms with Gasteiger partial charge in [0.05, 0.1) is 11.8 Å². The average molecular weight is 226 g/mol. The molecule has 1 aromatic heterocycles. The number of hydrogen-bond acceptors (Lipinski definition) is 2. The lowest BCUT2D eigenvalue weighted by Crippen LogP contribution is -2.07. The third kappa shape index (κ3) is 2.32. The van der Waals surface area contributed by atoms with Gasteiger partial charge in [0.25, 0.3) is 0 Å². The van der Waals surface area contributed by atoms with Crippen LogP contribution < -0.4 is 0 Å². The van der Waals surface area contributed by atoms with E-state index < -0.39 is 0 Å². The van der Waals surface area contributed by atoms with E-state index in [2.05, 4.69) is 18.0 Å². The number of rotatable bonds is 4. The number of halogens is 1. The Hall–Kier alpha value is -1.01. The van der Waals surface area contributed by atoms with E-state index in [1.54, 1.807) is 0 Å².